The molecule has 3 heterocycles. The van der Waals surface area contributed by atoms with Crippen molar-refractivity contribution in [1.29, 1.82) is 0 Å². The molecule has 2 atom stereocenters. The largest absolute Gasteiger partial charge is 0.326 e. The maximum atomic E-state index is 14.4. The number of alkyl halides is 1. The Morgan fingerprint density at radius 3 is 2.52 bits per heavy atom. The van der Waals surface area contributed by atoms with Crippen LogP contribution in [0, 0.1) is 18.6 Å². The molecule has 40 heavy (non-hydrogen) atoms. The maximum absolute atomic E-state index is 14.4. The van der Waals surface area contributed by atoms with Crippen LogP contribution in [0.25, 0.3) is 22.0 Å². The van der Waals surface area contributed by atoms with Crippen molar-refractivity contribution in [3.8, 4) is 11.1 Å². The lowest BCUT2D eigenvalue weighted by atomic mass is 10.0. The number of nitrogens with zero attached hydrogens (tertiary/aromatic N) is 5. The molecule has 0 saturated carbocycles. The maximum Gasteiger partial charge on any atom is 0.247 e. The van der Waals surface area contributed by atoms with Crippen LogP contribution in [0.5, 0.6) is 0 Å². The Hall–Kier alpha value is -4.13. The summed E-state index contributed by atoms with van der Waals surface area (Å²) in [5.74, 6) is -3.02. The second kappa shape index (κ2) is 10.8. The van der Waals surface area contributed by atoms with Gasteiger partial charge in [-0.1, -0.05) is 6.07 Å². The number of aryl methyl sites for hydroxylation is 1. The summed E-state index contributed by atoms with van der Waals surface area (Å²) in [6.45, 7) is 2.41. The van der Waals surface area contributed by atoms with Gasteiger partial charge >= 0.3 is 0 Å². The summed E-state index contributed by atoms with van der Waals surface area (Å²) < 4.78 is 43.3. The minimum Gasteiger partial charge on any atom is -0.326 e. The number of aromatic nitrogens is 4. The first kappa shape index (κ1) is 27.4. The highest BCUT2D eigenvalue weighted by atomic mass is 79.9. The van der Waals surface area contributed by atoms with Crippen LogP contribution in [0.4, 0.5) is 18.9 Å². The van der Waals surface area contributed by atoms with Gasteiger partial charge in [-0.3, -0.25) is 19.1 Å². The van der Waals surface area contributed by atoms with E-state index in [1.165, 1.54) is 11.6 Å². The summed E-state index contributed by atoms with van der Waals surface area (Å²) in [7, 11) is 0. The van der Waals surface area contributed by atoms with E-state index < -0.39 is 40.1 Å². The van der Waals surface area contributed by atoms with E-state index in [1.54, 1.807) is 37.5 Å². The molecule has 206 valence electrons. The average molecular weight is 615 g/mol. The van der Waals surface area contributed by atoms with E-state index in [4.69, 9.17) is 0 Å². The summed E-state index contributed by atoms with van der Waals surface area (Å²) in [6.07, 6.45) is 1.55. The second-order valence-corrected chi connectivity index (χ2v) is 10.2. The van der Waals surface area contributed by atoms with Gasteiger partial charge in [-0.25, -0.2) is 23.1 Å². The van der Waals surface area contributed by atoms with Crippen molar-refractivity contribution in [2.24, 2.45) is 0 Å². The van der Waals surface area contributed by atoms with Crippen LogP contribution in [0.15, 0.2) is 47.2 Å². The first-order valence-electron chi connectivity index (χ1n) is 12.2. The van der Waals surface area contributed by atoms with Gasteiger partial charge in [-0.05, 0) is 52.7 Å². The van der Waals surface area contributed by atoms with Crippen LogP contribution in [0.1, 0.15) is 29.7 Å². The molecule has 13 heteroatoms. The molecule has 1 aliphatic heterocycles. The number of rotatable bonds is 6. The highest BCUT2D eigenvalue weighted by Gasteiger charge is 2.40. The molecule has 1 N–H and O–H groups in total. The third-order valence-corrected chi connectivity index (χ3v) is 7.38. The Morgan fingerprint density at radius 2 is 1.82 bits per heavy atom. The lowest BCUT2D eigenvalue weighted by Gasteiger charge is -2.24. The summed E-state index contributed by atoms with van der Waals surface area (Å²) in [5.41, 5.74) is 1.80. The van der Waals surface area contributed by atoms with E-state index in [9.17, 15) is 27.6 Å². The van der Waals surface area contributed by atoms with Gasteiger partial charge in [0.15, 0.2) is 11.6 Å². The smallest absolute Gasteiger partial charge is 0.247 e. The fraction of sp³-hybridized carbons (Fsp3) is 0.259. The van der Waals surface area contributed by atoms with Crippen molar-refractivity contribution in [1.82, 2.24) is 24.6 Å². The lowest BCUT2D eigenvalue weighted by Crippen LogP contribution is -2.44. The molecule has 0 radical (unpaired) electrons. The number of Topliss-reactive ketones (excluding diaryl/α,β-unsaturated/α-hetero) is 1. The zero-order chi connectivity index (χ0) is 28.7. The summed E-state index contributed by atoms with van der Waals surface area (Å²) >= 11 is 2.77. The van der Waals surface area contributed by atoms with Crippen molar-refractivity contribution >= 4 is 50.1 Å². The Labute approximate surface area is 234 Å². The summed E-state index contributed by atoms with van der Waals surface area (Å²) in [4.78, 5) is 48.1. The Balaban J connectivity index is 1.41. The van der Waals surface area contributed by atoms with Gasteiger partial charge in [0.25, 0.3) is 0 Å². The molecule has 0 unspecified atom stereocenters. The predicted molar refractivity (Wildman–Crippen MR) is 143 cm³/mol. The number of halogens is 4. The fourth-order valence-electron chi connectivity index (χ4n) is 4.65. The number of hydrogen-bond acceptors (Lipinski definition) is 6. The highest BCUT2D eigenvalue weighted by molar-refractivity contribution is 9.10. The molecule has 2 amide bonds. The van der Waals surface area contributed by atoms with Crippen LogP contribution in [-0.4, -0.2) is 61.0 Å². The Bertz CT molecular complexity index is 1660. The van der Waals surface area contributed by atoms with E-state index in [0.717, 1.165) is 28.2 Å². The number of benzene rings is 2. The number of carbonyl (C=O) groups is 3. The van der Waals surface area contributed by atoms with Gasteiger partial charge in [0, 0.05) is 36.7 Å². The van der Waals surface area contributed by atoms with E-state index in [2.05, 4.69) is 36.3 Å². The van der Waals surface area contributed by atoms with Gasteiger partial charge in [0.1, 0.15) is 36.1 Å². The molecule has 1 saturated heterocycles. The van der Waals surface area contributed by atoms with Crippen LogP contribution < -0.4 is 5.32 Å². The van der Waals surface area contributed by atoms with Gasteiger partial charge < -0.3 is 10.2 Å². The molecule has 1 fully saturated rings. The quantitative estimate of drug-likeness (QED) is 0.251. The van der Waals surface area contributed by atoms with E-state index in [1.807, 2.05) is 0 Å². The standard InChI is InChI=1S/C27H22BrF3N6O3/c1-13(38)26-18-7-15(16-9-32-14(2)33-10-16)3-6-21(18)37(35-26)12-23(39)36-11-17(29)8-22(36)27(40)34-20-5-4-19(30)24(28)25(20)31/h3-7,9-10,17,22H,8,11-12H2,1-2H3,(H,34,40)/t17-,22+/m1/s1. The average Bonchev–Trinajstić information content (AvgIpc) is 3.50. The van der Waals surface area contributed by atoms with Gasteiger partial charge in [-0.2, -0.15) is 5.10 Å². The molecule has 5 rings (SSSR count). The van der Waals surface area contributed by atoms with Crippen molar-refractivity contribution in [3.05, 3.63) is 70.4 Å². The topological polar surface area (TPSA) is 110 Å². The molecular weight excluding hydrogens is 593 g/mol. The number of hydrogen-bond donors (Lipinski definition) is 1. The third kappa shape index (κ3) is 5.20. The van der Waals surface area contributed by atoms with Crippen LogP contribution in [-0.2, 0) is 16.1 Å². The number of carbonyl (C=O) groups excluding carboxylic acids is 3. The fourth-order valence-corrected chi connectivity index (χ4v) is 4.99. The lowest BCUT2D eigenvalue weighted by molar-refractivity contribution is -0.137. The minimum atomic E-state index is -1.48. The van der Waals surface area contributed by atoms with Gasteiger partial charge in [0.05, 0.1) is 22.2 Å². The number of nitrogens with one attached hydrogen (secondary N) is 1. The van der Waals surface area contributed by atoms with Crippen LogP contribution in [0.2, 0.25) is 0 Å². The van der Waals surface area contributed by atoms with Gasteiger partial charge in [0.2, 0.25) is 11.8 Å². The molecular formula is C27H22BrF3N6O3. The molecule has 0 bridgehead atoms. The first-order valence-corrected chi connectivity index (χ1v) is 13.0. The minimum absolute atomic E-state index is 0.147. The first-order chi connectivity index (χ1) is 19.0. The van der Waals surface area contributed by atoms with Crippen molar-refractivity contribution in [2.75, 3.05) is 11.9 Å². The third-order valence-electron chi connectivity index (χ3n) is 6.65. The SMILES string of the molecule is CC(=O)c1nn(CC(=O)N2C[C@H](F)C[C@H]2C(=O)Nc2ccc(F)c(Br)c2F)c2ccc(-c3cnc(C)nc3)cc12. The summed E-state index contributed by atoms with van der Waals surface area (Å²) in [6, 6.07) is 6.02. The molecule has 0 spiro atoms. The molecule has 2 aromatic heterocycles. The van der Waals surface area contributed by atoms with E-state index >= 15 is 0 Å². The molecule has 4 aromatic rings. The molecule has 1 aliphatic rings. The second-order valence-electron chi connectivity index (χ2n) is 9.42. The number of fused-ring (bicyclic) bond motifs is 1. The number of likely N-dealkylation sites (tertiary alicyclic amines) is 1. The molecule has 2 aromatic carbocycles. The zero-order valence-electron chi connectivity index (χ0n) is 21.3. The van der Waals surface area contributed by atoms with Gasteiger partial charge in [-0.15, -0.1) is 0 Å². The number of amides is 2. The normalized spacial score (nSPS) is 16.9. The summed E-state index contributed by atoms with van der Waals surface area (Å²) in [5, 5.41) is 7.16. The zero-order valence-corrected chi connectivity index (χ0v) is 22.9. The van der Waals surface area contributed by atoms with E-state index in [-0.39, 0.29) is 36.7 Å². The van der Waals surface area contributed by atoms with Crippen molar-refractivity contribution in [3.63, 3.8) is 0 Å². The van der Waals surface area contributed by atoms with Crippen LogP contribution in [0.3, 0.4) is 0 Å². The Kier molecular flexibility index (Phi) is 7.41. The number of ketones is 1. The molecule has 0 aliphatic carbocycles. The predicted octanol–water partition coefficient (Wildman–Crippen LogP) is 4.62. The monoisotopic (exact) mass is 614 g/mol. The molecule has 9 nitrogen and oxygen atoms in total. The van der Waals surface area contributed by atoms with Crippen molar-refractivity contribution in [2.45, 2.75) is 39.0 Å². The highest BCUT2D eigenvalue weighted by Crippen LogP contribution is 2.29. The van der Waals surface area contributed by atoms with Crippen LogP contribution >= 0.6 is 15.9 Å². The van der Waals surface area contributed by atoms with Crippen molar-refractivity contribution < 1.29 is 27.6 Å². The number of anilines is 1. The van der Waals surface area contributed by atoms with E-state index in [0.29, 0.717) is 16.7 Å². The Morgan fingerprint density at radius 1 is 1.10 bits per heavy atom.